The smallest absolute Gasteiger partial charge is 0.244 e. The largest absolute Gasteiger partial charge is 0.497 e. The number of amides is 1. The second-order valence-corrected chi connectivity index (χ2v) is 8.66. The van der Waals surface area contributed by atoms with E-state index in [1.807, 2.05) is 12.1 Å². The van der Waals surface area contributed by atoms with E-state index < -0.39 is 22.0 Å². The molecule has 0 aliphatic heterocycles. The van der Waals surface area contributed by atoms with Gasteiger partial charge in [0.2, 0.25) is 15.9 Å². The van der Waals surface area contributed by atoms with Crippen molar-refractivity contribution in [1.29, 1.82) is 0 Å². The van der Waals surface area contributed by atoms with Crippen LogP contribution in [0.1, 0.15) is 18.9 Å². The van der Waals surface area contributed by atoms with Crippen LogP contribution in [-0.2, 0) is 21.4 Å². The van der Waals surface area contributed by atoms with E-state index in [1.165, 1.54) is 13.2 Å². The SMILES string of the molecule is CCC(C(=O)NCc1ccc(OC)cc1)N(c1cc(Cl)ccc1OC)S(C)(=O)=O. The fourth-order valence-corrected chi connectivity index (χ4v) is 4.29. The van der Waals surface area contributed by atoms with E-state index in [4.69, 9.17) is 21.1 Å². The zero-order valence-corrected chi connectivity index (χ0v) is 18.4. The van der Waals surface area contributed by atoms with Crippen molar-refractivity contribution in [3.63, 3.8) is 0 Å². The standard InChI is InChI=1S/C20H25ClN2O5S/c1-5-17(20(24)22-13-14-6-9-16(27-2)10-7-14)23(29(4,25)26)18-12-15(21)8-11-19(18)28-3/h6-12,17H,5,13H2,1-4H3,(H,22,24). The van der Waals surface area contributed by atoms with Gasteiger partial charge in [0.15, 0.2) is 0 Å². The van der Waals surface area contributed by atoms with Crippen molar-refractivity contribution in [3.8, 4) is 11.5 Å². The Hall–Kier alpha value is -2.45. The molecule has 0 saturated heterocycles. The zero-order valence-electron chi connectivity index (χ0n) is 16.8. The second-order valence-electron chi connectivity index (χ2n) is 6.36. The van der Waals surface area contributed by atoms with E-state index in [0.717, 1.165) is 16.1 Å². The Bertz CT molecular complexity index is 948. The van der Waals surface area contributed by atoms with Crippen molar-refractivity contribution in [1.82, 2.24) is 5.32 Å². The van der Waals surface area contributed by atoms with Gasteiger partial charge in [0.05, 0.1) is 26.2 Å². The summed E-state index contributed by atoms with van der Waals surface area (Å²) in [5.41, 5.74) is 1.08. The molecule has 1 amide bonds. The van der Waals surface area contributed by atoms with Crippen LogP contribution in [0.5, 0.6) is 11.5 Å². The third kappa shape index (κ3) is 5.77. The average Bonchev–Trinajstić information content (AvgIpc) is 2.69. The van der Waals surface area contributed by atoms with Crippen LogP contribution in [0.3, 0.4) is 0 Å². The Labute approximate surface area is 176 Å². The van der Waals surface area contributed by atoms with Crippen LogP contribution < -0.4 is 19.1 Å². The van der Waals surface area contributed by atoms with Crippen LogP contribution in [-0.4, -0.2) is 40.8 Å². The van der Waals surface area contributed by atoms with E-state index in [1.54, 1.807) is 38.3 Å². The number of anilines is 1. The second kappa shape index (κ2) is 9.84. The lowest BCUT2D eigenvalue weighted by molar-refractivity contribution is -0.122. The van der Waals surface area contributed by atoms with E-state index in [0.29, 0.717) is 16.5 Å². The number of hydrogen-bond acceptors (Lipinski definition) is 5. The summed E-state index contributed by atoms with van der Waals surface area (Å²) in [6.07, 6.45) is 1.31. The van der Waals surface area contributed by atoms with Gasteiger partial charge >= 0.3 is 0 Å². The first-order valence-corrected chi connectivity index (χ1v) is 11.2. The van der Waals surface area contributed by atoms with Gasteiger partial charge in [-0.2, -0.15) is 0 Å². The maximum atomic E-state index is 12.9. The molecular formula is C20H25ClN2O5S. The van der Waals surface area contributed by atoms with Gasteiger partial charge in [-0.15, -0.1) is 0 Å². The number of nitrogens with zero attached hydrogens (tertiary/aromatic N) is 1. The number of carbonyl (C=O) groups excluding carboxylic acids is 1. The average molecular weight is 441 g/mol. The van der Waals surface area contributed by atoms with Gasteiger partial charge in [0.25, 0.3) is 0 Å². The minimum absolute atomic E-state index is 0.217. The van der Waals surface area contributed by atoms with E-state index in [2.05, 4.69) is 5.32 Å². The maximum Gasteiger partial charge on any atom is 0.244 e. The third-order valence-electron chi connectivity index (χ3n) is 4.33. The van der Waals surface area contributed by atoms with Crippen molar-refractivity contribution >= 4 is 33.2 Å². The molecule has 158 valence electrons. The van der Waals surface area contributed by atoms with Crippen LogP contribution in [0, 0.1) is 0 Å². The highest BCUT2D eigenvalue weighted by atomic mass is 35.5. The Morgan fingerprint density at radius 1 is 1.14 bits per heavy atom. The minimum Gasteiger partial charge on any atom is -0.497 e. The van der Waals surface area contributed by atoms with Crippen LogP contribution in [0.2, 0.25) is 5.02 Å². The number of ether oxygens (including phenoxy) is 2. The molecule has 2 aromatic rings. The van der Waals surface area contributed by atoms with Gasteiger partial charge in [-0.25, -0.2) is 8.42 Å². The normalized spacial score (nSPS) is 12.2. The first-order chi connectivity index (χ1) is 13.7. The quantitative estimate of drug-likeness (QED) is 0.647. The van der Waals surface area contributed by atoms with Crippen LogP contribution in [0.4, 0.5) is 5.69 Å². The number of hydrogen-bond donors (Lipinski definition) is 1. The van der Waals surface area contributed by atoms with E-state index >= 15 is 0 Å². The number of rotatable bonds is 9. The third-order valence-corrected chi connectivity index (χ3v) is 5.73. The number of methoxy groups -OCH3 is 2. The molecule has 0 aliphatic rings. The highest BCUT2D eigenvalue weighted by Crippen LogP contribution is 2.34. The molecule has 0 bridgehead atoms. The number of halogens is 1. The van der Waals surface area contributed by atoms with Gasteiger partial charge in [-0.05, 0) is 42.3 Å². The molecule has 7 nitrogen and oxygen atoms in total. The fraction of sp³-hybridized carbons (Fsp3) is 0.350. The van der Waals surface area contributed by atoms with Crippen molar-refractivity contribution in [2.45, 2.75) is 25.9 Å². The molecule has 9 heteroatoms. The van der Waals surface area contributed by atoms with Crippen molar-refractivity contribution in [2.75, 3.05) is 24.8 Å². The fourth-order valence-electron chi connectivity index (χ4n) is 2.92. The van der Waals surface area contributed by atoms with Crippen molar-refractivity contribution < 1.29 is 22.7 Å². The number of carbonyl (C=O) groups is 1. The van der Waals surface area contributed by atoms with Gasteiger partial charge in [-0.1, -0.05) is 30.7 Å². The molecule has 0 radical (unpaired) electrons. The summed E-state index contributed by atoms with van der Waals surface area (Å²) in [6.45, 7) is 2.00. The number of sulfonamides is 1. The molecule has 1 N–H and O–H groups in total. The zero-order chi connectivity index (χ0) is 21.6. The van der Waals surface area contributed by atoms with E-state index in [-0.39, 0.29) is 18.7 Å². The lowest BCUT2D eigenvalue weighted by Crippen LogP contribution is -2.49. The monoisotopic (exact) mass is 440 g/mol. The summed E-state index contributed by atoms with van der Waals surface area (Å²) in [5.74, 6) is 0.597. The highest BCUT2D eigenvalue weighted by molar-refractivity contribution is 7.92. The molecule has 2 rings (SSSR count). The van der Waals surface area contributed by atoms with Gasteiger partial charge in [-0.3, -0.25) is 9.10 Å². The Kier molecular flexibility index (Phi) is 7.75. The summed E-state index contributed by atoms with van der Waals surface area (Å²) in [4.78, 5) is 12.9. The Morgan fingerprint density at radius 2 is 1.79 bits per heavy atom. The summed E-state index contributed by atoms with van der Waals surface area (Å²) in [6, 6.07) is 10.9. The molecule has 2 aromatic carbocycles. The van der Waals surface area contributed by atoms with Crippen molar-refractivity contribution in [2.24, 2.45) is 0 Å². The predicted octanol–water partition coefficient (Wildman–Crippen LogP) is 3.22. The Balaban J connectivity index is 2.31. The van der Waals surface area contributed by atoms with Crippen LogP contribution >= 0.6 is 11.6 Å². The molecule has 0 fully saturated rings. The van der Waals surface area contributed by atoms with Gasteiger partial charge in [0.1, 0.15) is 17.5 Å². The molecule has 0 aliphatic carbocycles. The van der Waals surface area contributed by atoms with Gasteiger partial charge in [0, 0.05) is 11.6 Å². The van der Waals surface area contributed by atoms with Gasteiger partial charge < -0.3 is 14.8 Å². The molecule has 29 heavy (non-hydrogen) atoms. The van der Waals surface area contributed by atoms with Crippen LogP contribution in [0.25, 0.3) is 0 Å². The number of benzene rings is 2. The molecule has 0 saturated carbocycles. The van der Waals surface area contributed by atoms with Crippen molar-refractivity contribution in [3.05, 3.63) is 53.1 Å². The molecule has 1 unspecified atom stereocenters. The molecular weight excluding hydrogens is 416 g/mol. The molecule has 0 aromatic heterocycles. The maximum absolute atomic E-state index is 12.9. The summed E-state index contributed by atoms with van der Waals surface area (Å²) in [7, 11) is -0.794. The minimum atomic E-state index is -3.80. The number of nitrogens with one attached hydrogen (secondary N) is 1. The highest BCUT2D eigenvalue weighted by Gasteiger charge is 2.33. The summed E-state index contributed by atoms with van der Waals surface area (Å²) in [5, 5.41) is 3.14. The lowest BCUT2D eigenvalue weighted by Gasteiger charge is -2.31. The lowest BCUT2D eigenvalue weighted by atomic mass is 10.1. The Morgan fingerprint density at radius 3 is 2.31 bits per heavy atom. The predicted molar refractivity (Wildman–Crippen MR) is 114 cm³/mol. The first kappa shape index (κ1) is 22.8. The molecule has 1 atom stereocenters. The summed E-state index contributed by atoms with van der Waals surface area (Å²) < 4.78 is 36.7. The topological polar surface area (TPSA) is 84.9 Å². The summed E-state index contributed by atoms with van der Waals surface area (Å²) >= 11 is 6.07. The molecule has 0 heterocycles. The molecule has 0 spiro atoms. The van der Waals surface area contributed by atoms with E-state index in [9.17, 15) is 13.2 Å². The first-order valence-electron chi connectivity index (χ1n) is 8.94. The van der Waals surface area contributed by atoms with Crippen LogP contribution in [0.15, 0.2) is 42.5 Å².